The Bertz CT molecular complexity index is 1390. The number of benzene rings is 1. The highest BCUT2D eigenvalue weighted by Gasteiger charge is 2.20. The minimum atomic E-state index is -0.640. The molecule has 10 heteroatoms. The van der Waals surface area contributed by atoms with Crippen LogP contribution in [-0.4, -0.2) is 31.8 Å². The summed E-state index contributed by atoms with van der Waals surface area (Å²) in [6.07, 6.45) is 5.10. The van der Waals surface area contributed by atoms with Crippen LogP contribution < -0.4 is 16.0 Å². The van der Waals surface area contributed by atoms with Gasteiger partial charge in [0.1, 0.15) is 17.3 Å². The van der Waals surface area contributed by atoms with Gasteiger partial charge in [-0.3, -0.25) is 4.79 Å². The van der Waals surface area contributed by atoms with E-state index >= 15 is 4.39 Å². The molecule has 178 valence electrons. The number of aromatic amines is 2. The molecule has 4 aromatic rings. The van der Waals surface area contributed by atoms with Gasteiger partial charge in [0.25, 0.3) is 5.56 Å². The average Bonchev–Trinajstić information content (AvgIpc) is 3.47. The van der Waals surface area contributed by atoms with Crippen molar-refractivity contribution in [1.82, 2.24) is 25.2 Å². The molecular formula is C24H26FN5O3S. The molecule has 0 aliphatic heterocycles. The van der Waals surface area contributed by atoms with Gasteiger partial charge in [-0.05, 0) is 53.6 Å². The van der Waals surface area contributed by atoms with Crippen molar-refractivity contribution in [3.8, 4) is 33.1 Å². The Kier molecular flexibility index (Phi) is 7.36. The number of rotatable bonds is 10. The minimum absolute atomic E-state index is 0.0273. The average molecular weight is 484 g/mol. The zero-order valence-electron chi connectivity index (χ0n) is 19.1. The highest BCUT2D eigenvalue weighted by molar-refractivity contribution is 7.15. The summed E-state index contributed by atoms with van der Waals surface area (Å²) in [5.74, 6) is -0.0728. The Balaban J connectivity index is 1.73. The number of H-pyrrole nitrogens is 2. The molecule has 3 heterocycles. The van der Waals surface area contributed by atoms with Crippen molar-refractivity contribution in [1.29, 1.82) is 0 Å². The minimum Gasteiger partial charge on any atom is -0.493 e. The molecule has 0 fully saturated rings. The van der Waals surface area contributed by atoms with E-state index < -0.39 is 17.1 Å². The summed E-state index contributed by atoms with van der Waals surface area (Å²) in [7, 11) is 0. The number of thiophene rings is 1. The predicted octanol–water partition coefficient (Wildman–Crippen LogP) is 4.70. The van der Waals surface area contributed by atoms with Crippen LogP contribution in [0.2, 0.25) is 0 Å². The van der Waals surface area contributed by atoms with Crippen LogP contribution in [0.25, 0.3) is 27.4 Å². The van der Waals surface area contributed by atoms with Gasteiger partial charge in [0, 0.05) is 26.9 Å². The first-order valence-electron chi connectivity index (χ1n) is 11.3. The molecule has 0 unspecified atom stereocenters. The SMILES string of the molecule is CCCCCCOc1ccc(-c2cc(-c3ccc(CC)s3)c(-n3nn[nH]c3=O)c(=O)[nH]2)c(F)c1. The van der Waals surface area contributed by atoms with Gasteiger partial charge in [-0.1, -0.05) is 33.1 Å². The predicted molar refractivity (Wildman–Crippen MR) is 130 cm³/mol. The van der Waals surface area contributed by atoms with Crippen molar-refractivity contribution >= 4 is 11.3 Å². The third-order valence-corrected chi connectivity index (χ3v) is 6.73. The van der Waals surface area contributed by atoms with Gasteiger partial charge in [-0.2, -0.15) is 4.68 Å². The molecule has 0 bridgehead atoms. The number of nitrogens with zero attached hydrogens (tertiary/aromatic N) is 3. The number of aromatic nitrogens is 5. The molecule has 3 aromatic heterocycles. The molecule has 2 N–H and O–H groups in total. The number of pyridine rings is 1. The summed E-state index contributed by atoms with van der Waals surface area (Å²) >= 11 is 1.50. The Morgan fingerprint density at radius 3 is 2.59 bits per heavy atom. The molecule has 0 radical (unpaired) electrons. The molecular weight excluding hydrogens is 457 g/mol. The van der Waals surface area contributed by atoms with Crippen molar-refractivity contribution in [3.05, 3.63) is 67.9 Å². The van der Waals surface area contributed by atoms with Crippen LogP contribution in [0, 0.1) is 5.82 Å². The van der Waals surface area contributed by atoms with Crippen LogP contribution in [-0.2, 0) is 6.42 Å². The van der Waals surface area contributed by atoms with Gasteiger partial charge in [-0.15, -0.1) is 11.3 Å². The van der Waals surface area contributed by atoms with E-state index in [0.717, 1.165) is 46.5 Å². The summed E-state index contributed by atoms with van der Waals surface area (Å²) in [5, 5.41) is 9.43. The van der Waals surface area contributed by atoms with Gasteiger partial charge in [-0.25, -0.2) is 14.3 Å². The summed E-state index contributed by atoms with van der Waals surface area (Å²) < 4.78 is 21.6. The van der Waals surface area contributed by atoms with Crippen LogP contribution in [0.5, 0.6) is 5.75 Å². The summed E-state index contributed by atoms with van der Waals surface area (Å²) in [6, 6.07) is 10.1. The maximum absolute atomic E-state index is 15.0. The van der Waals surface area contributed by atoms with Crippen LogP contribution in [0.1, 0.15) is 44.4 Å². The molecule has 0 aliphatic carbocycles. The third-order valence-electron chi connectivity index (χ3n) is 5.46. The lowest BCUT2D eigenvalue weighted by Gasteiger charge is -2.11. The quantitative estimate of drug-likeness (QED) is 0.318. The molecule has 0 atom stereocenters. The number of tetrazole rings is 1. The van der Waals surface area contributed by atoms with E-state index in [1.165, 1.54) is 17.4 Å². The lowest BCUT2D eigenvalue weighted by molar-refractivity contribution is 0.303. The lowest BCUT2D eigenvalue weighted by atomic mass is 10.1. The van der Waals surface area contributed by atoms with Crippen molar-refractivity contribution < 1.29 is 9.13 Å². The van der Waals surface area contributed by atoms with Crippen LogP contribution in [0.4, 0.5) is 4.39 Å². The van der Waals surface area contributed by atoms with E-state index in [1.807, 2.05) is 19.1 Å². The Hall–Kier alpha value is -3.53. The monoisotopic (exact) mass is 483 g/mol. The van der Waals surface area contributed by atoms with Gasteiger partial charge in [0.15, 0.2) is 0 Å². The van der Waals surface area contributed by atoms with E-state index in [4.69, 9.17) is 4.74 Å². The fourth-order valence-corrected chi connectivity index (χ4v) is 4.64. The van der Waals surface area contributed by atoms with Gasteiger partial charge in [0.05, 0.1) is 12.3 Å². The van der Waals surface area contributed by atoms with Gasteiger partial charge < -0.3 is 9.72 Å². The first-order chi connectivity index (χ1) is 16.5. The van der Waals surface area contributed by atoms with Crippen molar-refractivity contribution in [3.63, 3.8) is 0 Å². The van der Waals surface area contributed by atoms with E-state index in [1.54, 1.807) is 18.2 Å². The molecule has 0 saturated heterocycles. The number of unbranched alkanes of at least 4 members (excludes halogenated alkanes) is 3. The second-order valence-corrected chi connectivity index (χ2v) is 9.03. The number of hydrogen-bond acceptors (Lipinski definition) is 6. The van der Waals surface area contributed by atoms with E-state index in [9.17, 15) is 9.59 Å². The third kappa shape index (κ3) is 5.01. The second kappa shape index (κ2) is 10.6. The zero-order chi connectivity index (χ0) is 24.1. The normalized spacial score (nSPS) is 11.1. The molecule has 4 rings (SSSR count). The molecule has 0 aliphatic rings. The van der Waals surface area contributed by atoms with Crippen LogP contribution in [0.3, 0.4) is 0 Å². The van der Waals surface area contributed by atoms with Gasteiger partial charge in [0.2, 0.25) is 0 Å². The first kappa shape index (κ1) is 23.6. The lowest BCUT2D eigenvalue weighted by Crippen LogP contribution is -2.25. The van der Waals surface area contributed by atoms with Gasteiger partial charge >= 0.3 is 5.69 Å². The van der Waals surface area contributed by atoms with Crippen molar-refractivity contribution in [2.45, 2.75) is 46.0 Å². The summed E-state index contributed by atoms with van der Waals surface area (Å²) in [4.78, 5) is 29.8. The molecule has 0 amide bonds. The summed E-state index contributed by atoms with van der Waals surface area (Å²) in [6.45, 7) is 4.70. The Labute approximate surface area is 199 Å². The molecule has 8 nitrogen and oxygen atoms in total. The highest BCUT2D eigenvalue weighted by atomic mass is 32.1. The van der Waals surface area contributed by atoms with Crippen molar-refractivity contribution in [2.24, 2.45) is 0 Å². The molecule has 0 saturated carbocycles. The first-order valence-corrected chi connectivity index (χ1v) is 12.1. The second-order valence-electron chi connectivity index (χ2n) is 7.86. The number of hydrogen-bond donors (Lipinski definition) is 2. The van der Waals surface area contributed by atoms with Crippen molar-refractivity contribution in [2.75, 3.05) is 6.61 Å². The van der Waals surface area contributed by atoms with E-state index in [-0.39, 0.29) is 11.3 Å². The number of ether oxygens (including phenoxy) is 1. The molecule has 1 aromatic carbocycles. The zero-order valence-corrected chi connectivity index (χ0v) is 19.9. The largest absolute Gasteiger partial charge is 0.493 e. The standard InChI is InChI=1S/C24H26FN5O3S/c1-3-5-6-7-12-33-15-8-10-17(19(25)13-15)20-14-18(21-11-9-16(4-2)34-21)22(23(31)26-20)30-24(32)27-28-29-30/h8-11,13-14H,3-7,12H2,1-2H3,(H,26,31)(H,27,29,32). The highest BCUT2D eigenvalue weighted by Crippen LogP contribution is 2.34. The molecule has 34 heavy (non-hydrogen) atoms. The molecule has 0 spiro atoms. The smallest absolute Gasteiger partial charge is 0.366 e. The van der Waals surface area contributed by atoms with E-state index in [0.29, 0.717) is 23.6 Å². The number of halogens is 1. The topological polar surface area (TPSA) is 106 Å². The summed E-state index contributed by atoms with van der Waals surface area (Å²) in [5.41, 5.74) is -0.208. The van der Waals surface area contributed by atoms with E-state index in [2.05, 4.69) is 27.4 Å². The maximum atomic E-state index is 15.0. The number of nitrogens with one attached hydrogen (secondary N) is 2. The Morgan fingerprint density at radius 1 is 1.06 bits per heavy atom. The van der Waals surface area contributed by atoms with Crippen LogP contribution >= 0.6 is 11.3 Å². The fraction of sp³-hybridized carbons (Fsp3) is 0.333. The fourth-order valence-electron chi connectivity index (χ4n) is 3.68. The number of aryl methyl sites for hydroxylation is 1. The Morgan fingerprint density at radius 2 is 1.91 bits per heavy atom. The maximum Gasteiger partial charge on any atom is 0.366 e. The van der Waals surface area contributed by atoms with Crippen LogP contribution in [0.15, 0.2) is 46.0 Å².